The number of hydrogen-bond acceptors (Lipinski definition) is 7. The molecule has 7 heteroatoms. The van der Waals surface area contributed by atoms with Crippen molar-refractivity contribution in [3.05, 3.63) is 42.5 Å². The number of rotatable bonds is 9. The van der Waals surface area contributed by atoms with E-state index >= 15 is 0 Å². The number of esters is 1. The van der Waals surface area contributed by atoms with Crippen LogP contribution in [0.4, 0.5) is 0 Å². The van der Waals surface area contributed by atoms with Gasteiger partial charge in [0.1, 0.15) is 12.3 Å². The van der Waals surface area contributed by atoms with E-state index in [0.29, 0.717) is 0 Å². The lowest BCUT2D eigenvalue weighted by molar-refractivity contribution is -0.147. The highest BCUT2D eigenvalue weighted by Crippen LogP contribution is 2.26. The van der Waals surface area contributed by atoms with E-state index in [-0.39, 0.29) is 18.8 Å². The molecular formula is C20H28N2O3S2. The third-order valence-electron chi connectivity index (χ3n) is 4.45. The molecule has 1 fully saturated rings. The molecule has 0 aliphatic carbocycles. The zero-order valence-corrected chi connectivity index (χ0v) is 17.9. The first-order chi connectivity index (χ1) is 13.0. The first-order valence-corrected chi connectivity index (χ1v) is 11.3. The van der Waals surface area contributed by atoms with Crippen LogP contribution in [0.5, 0.6) is 0 Å². The van der Waals surface area contributed by atoms with E-state index in [1.807, 2.05) is 11.8 Å². The molecule has 0 unspecified atom stereocenters. The van der Waals surface area contributed by atoms with Crippen molar-refractivity contribution in [1.82, 2.24) is 4.90 Å². The van der Waals surface area contributed by atoms with Gasteiger partial charge in [0.25, 0.3) is 0 Å². The minimum Gasteiger partial charge on any atom is -0.459 e. The lowest BCUT2D eigenvalue weighted by Crippen LogP contribution is -2.53. The quantitative estimate of drug-likeness (QED) is 0.204. The van der Waals surface area contributed by atoms with Crippen molar-refractivity contribution in [1.29, 1.82) is 0 Å². The van der Waals surface area contributed by atoms with Crippen LogP contribution in [-0.2, 0) is 14.4 Å². The van der Waals surface area contributed by atoms with Crippen molar-refractivity contribution in [3.63, 3.8) is 0 Å². The summed E-state index contributed by atoms with van der Waals surface area (Å²) in [5.74, 6) is 1.76. The Kier molecular flexibility index (Phi) is 8.73. The second-order valence-corrected chi connectivity index (χ2v) is 8.68. The summed E-state index contributed by atoms with van der Waals surface area (Å²) in [5.41, 5.74) is 1.50. The number of carbonyl (C=O) groups is 1. The molecule has 1 aliphatic heterocycles. The van der Waals surface area contributed by atoms with Crippen molar-refractivity contribution >= 4 is 35.2 Å². The van der Waals surface area contributed by atoms with E-state index in [0.717, 1.165) is 35.9 Å². The van der Waals surface area contributed by atoms with Gasteiger partial charge >= 0.3 is 5.97 Å². The molecule has 2 rings (SSSR count). The highest BCUT2D eigenvalue weighted by molar-refractivity contribution is 7.99. The molecule has 0 N–H and O–H groups in total. The fraction of sp³-hybridized carbons (Fsp3) is 0.500. The Morgan fingerprint density at radius 2 is 2.00 bits per heavy atom. The van der Waals surface area contributed by atoms with Crippen LogP contribution in [0, 0.1) is 0 Å². The summed E-state index contributed by atoms with van der Waals surface area (Å²) < 4.78 is 4.94. The maximum absolute atomic E-state index is 11.7. The van der Waals surface area contributed by atoms with Crippen LogP contribution in [0.2, 0.25) is 0 Å². The lowest BCUT2D eigenvalue weighted by Gasteiger charge is -2.41. The van der Waals surface area contributed by atoms with E-state index < -0.39 is 5.97 Å². The Bertz CT molecular complexity index is 654. The topological polar surface area (TPSA) is 51.1 Å². The average Bonchev–Trinajstić information content (AvgIpc) is 2.70. The van der Waals surface area contributed by atoms with E-state index in [1.54, 1.807) is 11.8 Å². The smallest absolute Gasteiger partial charge is 0.347 e. The molecule has 0 spiro atoms. The predicted octanol–water partition coefficient (Wildman–Crippen LogP) is 3.69. The fourth-order valence-corrected chi connectivity index (χ4v) is 4.19. The van der Waals surface area contributed by atoms with Crippen LogP contribution in [0.25, 0.3) is 0 Å². The summed E-state index contributed by atoms with van der Waals surface area (Å²) in [6.07, 6.45) is 3.58. The molecule has 0 atom stereocenters. The molecule has 1 aromatic carbocycles. The number of hydrogen-bond donors (Lipinski definition) is 0. The third-order valence-corrected chi connectivity index (χ3v) is 6.13. The van der Waals surface area contributed by atoms with Gasteiger partial charge in [0.15, 0.2) is 0 Å². The number of thioether (sulfide) groups is 2. The zero-order valence-electron chi connectivity index (χ0n) is 16.3. The molecular weight excluding hydrogens is 380 g/mol. The molecule has 0 radical (unpaired) electrons. The molecule has 1 saturated heterocycles. The first-order valence-electron chi connectivity index (χ1n) is 8.93. The van der Waals surface area contributed by atoms with Gasteiger partial charge in [0.05, 0.1) is 5.54 Å². The van der Waals surface area contributed by atoms with E-state index in [2.05, 4.69) is 61.0 Å². The Morgan fingerprint density at radius 3 is 2.59 bits per heavy atom. The second-order valence-electron chi connectivity index (χ2n) is 6.57. The maximum atomic E-state index is 11.7. The second kappa shape index (κ2) is 10.8. The zero-order chi connectivity index (χ0) is 19.7. The first kappa shape index (κ1) is 21.9. The molecule has 0 amide bonds. The maximum Gasteiger partial charge on any atom is 0.347 e. The number of carbonyl (C=O) groups excluding carboxylic acids is 1. The van der Waals surface area contributed by atoms with Crippen LogP contribution in [0.1, 0.15) is 19.4 Å². The summed E-state index contributed by atoms with van der Waals surface area (Å²) in [6, 6.07) is 8.28. The summed E-state index contributed by atoms with van der Waals surface area (Å²) in [7, 11) is 0. The molecule has 5 nitrogen and oxygen atoms in total. The fourth-order valence-electron chi connectivity index (χ4n) is 2.88. The lowest BCUT2D eigenvalue weighted by atomic mass is 9.90. The van der Waals surface area contributed by atoms with Crippen LogP contribution in [-0.4, -0.2) is 66.2 Å². The number of ether oxygens (including phenoxy) is 1. The average molecular weight is 409 g/mol. The third kappa shape index (κ3) is 6.30. The van der Waals surface area contributed by atoms with Crippen molar-refractivity contribution in [2.24, 2.45) is 5.16 Å². The minimum atomic E-state index is -0.456. The normalized spacial score (nSPS) is 16.0. The molecule has 1 aromatic rings. The highest BCUT2D eigenvalue weighted by Gasteiger charge is 2.35. The van der Waals surface area contributed by atoms with Gasteiger partial charge in [-0.1, -0.05) is 29.9 Å². The van der Waals surface area contributed by atoms with Gasteiger partial charge < -0.3 is 9.57 Å². The van der Waals surface area contributed by atoms with Gasteiger partial charge in [-0.3, -0.25) is 4.90 Å². The molecule has 0 bridgehead atoms. The van der Waals surface area contributed by atoms with Gasteiger partial charge in [0, 0.05) is 35.1 Å². The van der Waals surface area contributed by atoms with Gasteiger partial charge in [-0.25, -0.2) is 4.79 Å². The van der Waals surface area contributed by atoms with E-state index in [4.69, 9.17) is 9.57 Å². The molecule has 0 aromatic heterocycles. The highest BCUT2D eigenvalue weighted by atomic mass is 32.2. The van der Waals surface area contributed by atoms with Crippen LogP contribution >= 0.6 is 23.5 Å². The van der Waals surface area contributed by atoms with E-state index in [9.17, 15) is 4.79 Å². The summed E-state index contributed by atoms with van der Waals surface area (Å²) >= 11 is 3.67. The van der Waals surface area contributed by atoms with Crippen molar-refractivity contribution in [2.75, 3.05) is 44.1 Å². The largest absolute Gasteiger partial charge is 0.459 e. The van der Waals surface area contributed by atoms with Gasteiger partial charge in [-0.05, 0) is 32.2 Å². The molecule has 1 heterocycles. The molecule has 148 valence electrons. The van der Waals surface area contributed by atoms with Gasteiger partial charge in [0.2, 0.25) is 6.61 Å². The van der Waals surface area contributed by atoms with Crippen LogP contribution < -0.4 is 0 Å². The molecule has 27 heavy (non-hydrogen) atoms. The molecule has 0 saturated carbocycles. The van der Waals surface area contributed by atoms with Crippen LogP contribution in [0.3, 0.4) is 0 Å². The Hall–Kier alpha value is -1.44. The van der Waals surface area contributed by atoms with E-state index in [1.165, 1.54) is 11.0 Å². The molecule has 1 aliphatic rings. The van der Waals surface area contributed by atoms with Gasteiger partial charge in [-0.2, -0.15) is 11.8 Å². The van der Waals surface area contributed by atoms with Gasteiger partial charge in [-0.15, -0.1) is 11.8 Å². The Labute approximate surface area is 170 Å². The predicted molar refractivity (Wildman–Crippen MR) is 115 cm³/mol. The number of oxime groups is 1. The SMILES string of the molecule is C=CCOC(=O)CON=C(c1ccc(SC)cc1)C(C)(C)N1CCSCC1. The van der Waals surface area contributed by atoms with Crippen molar-refractivity contribution in [3.8, 4) is 0 Å². The summed E-state index contributed by atoms with van der Waals surface area (Å²) in [4.78, 5) is 20.7. The standard InChI is InChI=1S/C20H28N2O3S2/c1-5-12-24-18(23)15-25-21-19(16-6-8-17(26-4)9-7-16)20(2,3)22-10-13-27-14-11-22/h5-9H,1,10-15H2,2-4H3. The number of nitrogens with zero attached hydrogens (tertiary/aromatic N) is 2. The summed E-state index contributed by atoms with van der Waals surface area (Å²) in [5, 5.41) is 4.38. The minimum absolute atomic E-state index is 0.172. The number of benzene rings is 1. The summed E-state index contributed by atoms with van der Waals surface area (Å²) in [6.45, 7) is 9.80. The Balaban J connectivity index is 2.22. The van der Waals surface area contributed by atoms with Crippen LogP contribution in [0.15, 0.2) is 47.0 Å². The van der Waals surface area contributed by atoms with Crippen molar-refractivity contribution in [2.45, 2.75) is 24.3 Å². The van der Waals surface area contributed by atoms with Crippen molar-refractivity contribution < 1.29 is 14.4 Å². The Morgan fingerprint density at radius 1 is 1.33 bits per heavy atom. The monoisotopic (exact) mass is 408 g/mol.